The average Bonchev–Trinajstić information content (AvgIpc) is 2.27. The predicted molar refractivity (Wildman–Crippen MR) is 60.3 cm³/mol. The summed E-state index contributed by atoms with van der Waals surface area (Å²) in [5, 5.41) is 10.8. The van der Waals surface area contributed by atoms with Crippen molar-refractivity contribution < 1.29 is 14.5 Å². The van der Waals surface area contributed by atoms with Crippen LogP contribution in [0.4, 0.5) is 5.69 Å². The van der Waals surface area contributed by atoms with E-state index in [9.17, 15) is 14.9 Å². The second-order valence-electron chi connectivity index (χ2n) is 3.50. The number of nitrogens with one attached hydrogen (secondary N) is 1. The smallest absolute Gasteiger partial charge is 0.310 e. The van der Waals surface area contributed by atoms with E-state index >= 15 is 0 Å². The Morgan fingerprint density at radius 1 is 1.59 bits per heavy atom. The fourth-order valence-corrected chi connectivity index (χ4v) is 1.23. The maximum atomic E-state index is 11.2. The first-order valence-electron chi connectivity index (χ1n) is 4.88. The SMILES string of the molecule is Cc1ccc([N+](=O)[O-])c(OC(C)C(=O)NN)c1. The molecule has 0 aromatic heterocycles. The number of hydrogen-bond acceptors (Lipinski definition) is 5. The van der Waals surface area contributed by atoms with E-state index in [0.717, 1.165) is 5.56 Å². The van der Waals surface area contributed by atoms with Gasteiger partial charge in [0.15, 0.2) is 11.9 Å². The molecule has 0 saturated carbocycles. The molecule has 1 aromatic carbocycles. The van der Waals surface area contributed by atoms with Gasteiger partial charge in [0.1, 0.15) is 0 Å². The highest BCUT2D eigenvalue weighted by Gasteiger charge is 2.20. The molecule has 1 unspecified atom stereocenters. The van der Waals surface area contributed by atoms with Crippen LogP contribution in [0, 0.1) is 17.0 Å². The third-order valence-corrected chi connectivity index (χ3v) is 2.13. The van der Waals surface area contributed by atoms with Crippen molar-refractivity contribution >= 4 is 11.6 Å². The number of carbonyl (C=O) groups is 1. The van der Waals surface area contributed by atoms with Gasteiger partial charge in [0.2, 0.25) is 0 Å². The molecule has 7 nitrogen and oxygen atoms in total. The number of nitro benzene ring substituents is 1. The fourth-order valence-electron chi connectivity index (χ4n) is 1.23. The highest BCUT2D eigenvalue weighted by atomic mass is 16.6. The van der Waals surface area contributed by atoms with Crippen molar-refractivity contribution in [1.82, 2.24) is 5.43 Å². The predicted octanol–water partition coefficient (Wildman–Crippen LogP) is 0.660. The van der Waals surface area contributed by atoms with E-state index < -0.39 is 16.9 Å². The van der Waals surface area contributed by atoms with Crippen LogP contribution in [-0.4, -0.2) is 16.9 Å². The summed E-state index contributed by atoms with van der Waals surface area (Å²) >= 11 is 0. The molecule has 17 heavy (non-hydrogen) atoms. The molecule has 0 aliphatic rings. The third-order valence-electron chi connectivity index (χ3n) is 2.13. The summed E-state index contributed by atoms with van der Waals surface area (Å²) in [6.45, 7) is 3.22. The highest BCUT2D eigenvalue weighted by molar-refractivity contribution is 5.80. The maximum Gasteiger partial charge on any atom is 0.310 e. The number of nitrogens with zero attached hydrogens (tertiary/aromatic N) is 1. The Hall–Kier alpha value is -2.15. The van der Waals surface area contributed by atoms with Gasteiger partial charge in [0.25, 0.3) is 5.91 Å². The maximum absolute atomic E-state index is 11.2. The van der Waals surface area contributed by atoms with E-state index in [-0.39, 0.29) is 11.4 Å². The summed E-state index contributed by atoms with van der Waals surface area (Å²) in [5.74, 6) is 4.43. The van der Waals surface area contributed by atoms with Gasteiger partial charge in [-0.2, -0.15) is 0 Å². The molecule has 0 heterocycles. The zero-order chi connectivity index (χ0) is 13.0. The summed E-state index contributed by atoms with van der Waals surface area (Å²) in [6, 6.07) is 4.43. The van der Waals surface area contributed by atoms with Gasteiger partial charge < -0.3 is 4.74 Å². The van der Waals surface area contributed by atoms with E-state index in [1.165, 1.54) is 19.1 Å². The summed E-state index contributed by atoms with van der Waals surface area (Å²) in [4.78, 5) is 21.3. The molecule has 1 atom stereocenters. The Morgan fingerprint density at radius 2 is 2.24 bits per heavy atom. The Kier molecular flexibility index (Phi) is 4.00. The number of aryl methyl sites for hydroxylation is 1. The van der Waals surface area contributed by atoms with Crippen LogP contribution in [0.3, 0.4) is 0 Å². The van der Waals surface area contributed by atoms with E-state index in [4.69, 9.17) is 10.6 Å². The van der Waals surface area contributed by atoms with Crippen LogP contribution in [0.15, 0.2) is 18.2 Å². The Bertz CT molecular complexity index is 447. The second kappa shape index (κ2) is 5.26. The van der Waals surface area contributed by atoms with Crippen molar-refractivity contribution in [3.05, 3.63) is 33.9 Å². The normalized spacial score (nSPS) is 11.7. The number of benzene rings is 1. The zero-order valence-corrected chi connectivity index (χ0v) is 9.47. The van der Waals surface area contributed by atoms with Crippen molar-refractivity contribution in [2.45, 2.75) is 20.0 Å². The van der Waals surface area contributed by atoms with Gasteiger partial charge in [-0.3, -0.25) is 20.3 Å². The van der Waals surface area contributed by atoms with Crippen LogP contribution in [0.5, 0.6) is 5.75 Å². The molecular weight excluding hydrogens is 226 g/mol. The number of rotatable bonds is 4. The zero-order valence-electron chi connectivity index (χ0n) is 9.47. The molecule has 1 aromatic rings. The van der Waals surface area contributed by atoms with Gasteiger partial charge in [-0.05, 0) is 25.5 Å². The van der Waals surface area contributed by atoms with Crippen LogP contribution >= 0.6 is 0 Å². The molecule has 0 radical (unpaired) electrons. The number of hydrogen-bond donors (Lipinski definition) is 2. The summed E-state index contributed by atoms with van der Waals surface area (Å²) in [5.41, 5.74) is 2.52. The van der Waals surface area contributed by atoms with Crippen LogP contribution in [-0.2, 0) is 4.79 Å². The lowest BCUT2D eigenvalue weighted by atomic mass is 10.2. The first-order valence-corrected chi connectivity index (χ1v) is 4.88. The molecule has 0 bridgehead atoms. The molecule has 92 valence electrons. The number of amides is 1. The van der Waals surface area contributed by atoms with Crippen molar-refractivity contribution in [3.8, 4) is 5.75 Å². The van der Waals surface area contributed by atoms with Gasteiger partial charge >= 0.3 is 5.69 Å². The lowest BCUT2D eigenvalue weighted by molar-refractivity contribution is -0.386. The van der Waals surface area contributed by atoms with Crippen molar-refractivity contribution in [3.63, 3.8) is 0 Å². The van der Waals surface area contributed by atoms with Crippen molar-refractivity contribution in [2.24, 2.45) is 5.84 Å². The Labute approximate surface area is 97.7 Å². The topological polar surface area (TPSA) is 107 Å². The lowest BCUT2D eigenvalue weighted by Crippen LogP contribution is -2.40. The minimum absolute atomic E-state index is 0.0473. The summed E-state index contributed by atoms with van der Waals surface area (Å²) < 4.78 is 5.21. The Morgan fingerprint density at radius 3 is 2.76 bits per heavy atom. The second-order valence-corrected chi connectivity index (χ2v) is 3.50. The Balaban J connectivity index is 3.00. The van der Waals surface area contributed by atoms with Crippen molar-refractivity contribution in [1.29, 1.82) is 0 Å². The molecule has 3 N–H and O–H groups in total. The summed E-state index contributed by atoms with van der Waals surface area (Å²) in [6.07, 6.45) is -0.902. The van der Waals surface area contributed by atoms with Gasteiger partial charge in [0, 0.05) is 6.07 Å². The molecule has 0 aliphatic carbocycles. The molecular formula is C10H13N3O4. The molecule has 7 heteroatoms. The van der Waals surface area contributed by atoms with Crippen LogP contribution in [0.2, 0.25) is 0 Å². The van der Waals surface area contributed by atoms with Crippen LogP contribution in [0.25, 0.3) is 0 Å². The van der Waals surface area contributed by atoms with Gasteiger partial charge in [0.05, 0.1) is 4.92 Å². The van der Waals surface area contributed by atoms with E-state index in [0.29, 0.717) is 0 Å². The molecule has 0 aliphatic heterocycles. The standard InChI is InChI=1S/C10H13N3O4/c1-6-3-4-8(13(15)16)9(5-6)17-7(2)10(14)12-11/h3-5,7H,11H2,1-2H3,(H,12,14). The number of nitro groups is 1. The van der Waals surface area contributed by atoms with E-state index in [2.05, 4.69) is 0 Å². The van der Waals surface area contributed by atoms with Crippen LogP contribution in [0.1, 0.15) is 12.5 Å². The highest BCUT2D eigenvalue weighted by Crippen LogP contribution is 2.28. The monoisotopic (exact) mass is 239 g/mol. The van der Waals surface area contributed by atoms with E-state index in [1.54, 1.807) is 13.0 Å². The third kappa shape index (κ3) is 3.15. The number of ether oxygens (including phenoxy) is 1. The summed E-state index contributed by atoms with van der Waals surface area (Å²) in [7, 11) is 0. The first-order chi connectivity index (χ1) is 7.95. The minimum atomic E-state index is -0.902. The lowest BCUT2D eigenvalue weighted by Gasteiger charge is -2.13. The van der Waals surface area contributed by atoms with Gasteiger partial charge in [-0.15, -0.1) is 0 Å². The average molecular weight is 239 g/mol. The quantitative estimate of drug-likeness (QED) is 0.347. The number of hydrazine groups is 1. The molecule has 0 saturated heterocycles. The van der Waals surface area contributed by atoms with Gasteiger partial charge in [-0.1, -0.05) is 6.07 Å². The largest absolute Gasteiger partial charge is 0.474 e. The fraction of sp³-hybridized carbons (Fsp3) is 0.300. The number of nitrogens with two attached hydrogens (primary N) is 1. The van der Waals surface area contributed by atoms with Crippen LogP contribution < -0.4 is 16.0 Å². The van der Waals surface area contributed by atoms with Gasteiger partial charge in [-0.25, -0.2) is 5.84 Å². The van der Waals surface area contributed by atoms with Crippen molar-refractivity contribution in [2.75, 3.05) is 0 Å². The molecule has 0 spiro atoms. The molecule has 0 fully saturated rings. The number of carbonyl (C=O) groups excluding carboxylic acids is 1. The molecule has 1 rings (SSSR count). The van der Waals surface area contributed by atoms with E-state index in [1.807, 2.05) is 5.43 Å². The minimum Gasteiger partial charge on any atom is -0.474 e. The molecule has 1 amide bonds. The first kappa shape index (κ1) is 12.9.